The number of carbonyl (C=O) groups excluding carboxylic acids is 1. The van der Waals surface area contributed by atoms with E-state index in [1.165, 1.54) is 12.8 Å². The van der Waals surface area contributed by atoms with E-state index in [4.69, 9.17) is 0 Å². The number of amides is 1. The van der Waals surface area contributed by atoms with E-state index in [0.29, 0.717) is 18.3 Å². The molecule has 1 fully saturated rings. The SMILES string of the molecule is CC(CNC(=O)c1cc(Br)c[nH]1)N1CCCC1. The van der Waals surface area contributed by atoms with Crippen LogP contribution in [-0.2, 0) is 0 Å². The van der Waals surface area contributed by atoms with E-state index >= 15 is 0 Å². The number of H-pyrrole nitrogens is 1. The Hall–Kier alpha value is -0.810. The molecule has 1 aliphatic rings. The minimum Gasteiger partial charge on any atom is -0.356 e. The highest BCUT2D eigenvalue weighted by molar-refractivity contribution is 9.10. The Labute approximate surface area is 110 Å². The lowest BCUT2D eigenvalue weighted by Crippen LogP contribution is -2.40. The molecular weight excluding hydrogens is 282 g/mol. The lowest BCUT2D eigenvalue weighted by Gasteiger charge is -2.23. The molecule has 1 aliphatic heterocycles. The fourth-order valence-electron chi connectivity index (χ4n) is 2.15. The van der Waals surface area contributed by atoms with E-state index in [9.17, 15) is 4.79 Å². The first-order valence-electron chi connectivity index (χ1n) is 6.03. The van der Waals surface area contributed by atoms with Gasteiger partial charge in [-0.25, -0.2) is 0 Å². The molecule has 2 heterocycles. The number of aromatic nitrogens is 1. The van der Waals surface area contributed by atoms with Crippen LogP contribution in [0.5, 0.6) is 0 Å². The van der Waals surface area contributed by atoms with E-state index < -0.39 is 0 Å². The molecule has 0 aliphatic carbocycles. The van der Waals surface area contributed by atoms with Gasteiger partial charge in [-0.3, -0.25) is 9.69 Å². The highest BCUT2D eigenvalue weighted by atomic mass is 79.9. The molecule has 17 heavy (non-hydrogen) atoms. The summed E-state index contributed by atoms with van der Waals surface area (Å²) in [6.45, 7) is 5.18. The predicted molar refractivity (Wildman–Crippen MR) is 71.1 cm³/mol. The number of nitrogens with zero attached hydrogens (tertiary/aromatic N) is 1. The highest BCUT2D eigenvalue weighted by Gasteiger charge is 2.18. The van der Waals surface area contributed by atoms with Crippen molar-refractivity contribution < 1.29 is 4.79 Å². The number of likely N-dealkylation sites (tertiary alicyclic amines) is 1. The van der Waals surface area contributed by atoms with E-state index in [2.05, 4.69) is 38.1 Å². The van der Waals surface area contributed by atoms with Crippen LogP contribution < -0.4 is 5.32 Å². The summed E-state index contributed by atoms with van der Waals surface area (Å²) in [5, 5.41) is 2.96. The maximum absolute atomic E-state index is 11.8. The Morgan fingerprint density at radius 1 is 1.59 bits per heavy atom. The first kappa shape index (κ1) is 12.6. The van der Waals surface area contributed by atoms with Crippen molar-refractivity contribution in [1.29, 1.82) is 0 Å². The van der Waals surface area contributed by atoms with Crippen molar-refractivity contribution in [2.75, 3.05) is 19.6 Å². The van der Waals surface area contributed by atoms with Gasteiger partial charge in [0, 0.05) is 23.3 Å². The molecule has 2 rings (SSSR count). The Bertz CT molecular complexity index is 385. The third-order valence-electron chi connectivity index (χ3n) is 3.21. The molecule has 1 saturated heterocycles. The minimum atomic E-state index is -0.0400. The molecule has 1 aromatic heterocycles. The van der Waals surface area contributed by atoms with Crippen molar-refractivity contribution in [3.63, 3.8) is 0 Å². The molecule has 1 atom stereocenters. The monoisotopic (exact) mass is 299 g/mol. The molecule has 1 aromatic rings. The second-order valence-electron chi connectivity index (χ2n) is 4.53. The minimum absolute atomic E-state index is 0.0400. The van der Waals surface area contributed by atoms with Gasteiger partial charge in [-0.15, -0.1) is 0 Å². The Kier molecular flexibility index (Phi) is 4.23. The first-order valence-corrected chi connectivity index (χ1v) is 6.82. The predicted octanol–water partition coefficient (Wildman–Crippen LogP) is 1.99. The molecule has 0 radical (unpaired) electrons. The fourth-order valence-corrected chi connectivity index (χ4v) is 2.49. The summed E-state index contributed by atoms with van der Waals surface area (Å²) in [5.41, 5.74) is 0.602. The van der Waals surface area contributed by atoms with Gasteiger partial charge in [0.05, 0.1) is 0 Å². The summed E-state index contributed by atoms with van der Waals surface area (Å²) < 4.78 is 0.898. The molecule has 4 nitrogen and oxygen atoms in total. The van der Waals surface area contributed by atoms with Gasteiger partial charge in [0.1, 0.15) is 5.69 Å². The van der Waals surface area contributed by atoms with Gasteiger partial charge in [0.15, 0.2) is 0 Å². The molecule has 1 unspecified atom stereocenters. The van der Waals surface area contributed by atoms with E-state index in [1.54, 1.807) is 12.3 Å². The van der Waals surface area contributed by atoms with Gasteiger partial charge in [-0.2, -0.15) is 0 Å². The number of hydrogen-bond acceptors (Lipinski definition) is 2. The molecule has 0 saturated carbocycles. The second-order valence-corrected chi connectivity index (χ2v) is 5.45. The molecular formula is C12H18BrN3O. The maximum Gasteiger partial charge on any atom is 0.267 e. The van der Waals surface area contributed by atoms with E-state index in [1.807, 2.05) is 0 Å². The summed E-state index contributed by atoms with van der Waals surface area (Å²) in [7, 11) is 0. The van der Waals surface area contributed by atoms with Crippen LogP contribution in [0, 0.1) is 0 Å². The molecule has 1 amide bonds. The summed E-state index contributed by atoms with van der Waals surface area (Å²) >= 11 is 3.31. The van der Waals surface area contributed by atoms with Crippen LogP contribution >= 0.6 is 15.9 Å². The topological polar surface area (TPSA) is 48.1 Å². The zero-order valence-corrected chi connectivity index (χ0v) is 11.6. The van der Waals surface area contributed by atoms with Crippen molar-refractivity contribution in [3.8, 4) is 0 Å². The van der Waals surface area contributed by atoms with Crippen molar-refractivity contribution in [1.82, 2.24) is 15.2 Å². The lowest BCUT2D eigenvalue weighted by atomic mass is 10.3. The Morgan fingerprint density at radius 2 is 2.29 bits per heavy atom. The molecule has 94 valence electrons. The van der Waals surface area contributed by atoms with Crippen molar-refractivity contribution >= 4 is 21.8 Å². The van der Waals surface area contributed by atoms with Gasteiger partial charge in [0.2, 0.25) is 0 Å². The molecule has 5 heteroatoms. The van der Waals surface area contributed by atoms with Gasteiger partial charge < -0.3 is 10.3 Å². The van der Waals surface area contributed by atoms with E-state index in [0.717, 1.165) is 17.6 Å². The van der Waals surface area contributed by atoms with Crippen LogP contribution in [0.4, 0.5) is 0 Å². The smallest absolute Gasteiger partial charge is 0.267 e. The first-order chi connectivity index (χ1) is 8.16. The van der Waals surface area contributed by atoms with Crippen LogP contribution in [0.15, 0.2) is 16.7 Å². The van der Waals surface area contributed by atoms with Gasteiger partial charge in [-0.1, -0.05) is 0 Å². The summed E-state index contributed by atoms with van der Waals surface area (Å²) in [5.74, 6) is -0.0400. The van der Waals surface area contributed by atoms with E-state index in [-0.39, 0.29) is 5.91 Å². The molecule has 0 spiro atoms. The number of nitrogens with one attached hydrogen (secondary N) is 2. The zero-order chi connectivity index (χ0) is 12.3. The van der Waals surface area contributed by atoms with Crippen molar-refractivity contribution in [2.24, 2.45) is 0 Å². The van der Waals surface area contributed by atoms with Crippen LogP contribution in [-0.4, -0.2) is 41.5 Å². The summed E-state index contributed by atoms with van der Waals surface area (Å²) in [6.07, 6.45) is 4.32. The van der Waals surface area contributed by atoms with Crippen LogP contribution in [0.25, 0.3) is 0 Å². The number of halogens is 1. The third-order valence-corrected chi connectivity index (χ3v) is 3.67. The lowest BCUT2D eigenvalue weighted by molar-refractivity contribution is 0.0936. The zero-order valence-electron chi connectivity index (χ0n) is 10.0. The number of hydrogen-bond donors (Lipinski definition) is 2. The van der Waals surface area contributed by atoms with Crippen molar-refractivity contribution in [3.05, 3.63) is 22.4 Å². The summed E-state index contributed by atoms with van der Waals surface area (Å²) in [6, 6.07) is 2.20. The third kappa shape index (κ3) is 3.33. The Balaban J connectivity index is 1.79. The summed E-state index contributed by atoms with van der Waals surface area (Å²) in [4.78, 5) is 17.1. The highest BCUT2D eigenvalue weighted by Crippen LogP contribution is 2.12. The van der Waals surface area contributed by atoms with Crippen LogP contribution in [0.2, 0.25) is 0 Å². The van der Waals surface area contributed by atoms with Gasteiger partial charge in [-0.05, 0) is 54.9 Å². The van der Waals surface area contributed by atoms with Crippen LogP contribution in [0.1, 0.15) is 30.3 Å². The molecule has 2 N–H and O–H groups in total. The average Bonchev–Trinajstić information content (AvgIpc) is 2.95. The van der Waals surface area contributed by atoms with Crippen molar-refractivity contribution in [2.45, 2.75) is 25.8 Å². The maximum atomic E-state index is 11.8. The number of rotatable bonds is 4. The molecule has 0 aromatic carbocycles. The second kappa shape index (κ2) is 5.69. The van der Waals surface area contributed by atoms with Gasteiger partial charge in [0.25, 0.3) is 5.91 Å². The number of carbonyl (C=O) groups is 1. The normalized spacial score (nSPS) is 18.2. The average molecular weight is 300 g/mol. The van der Waals surface area contributed by atoms with Crippen LogP contribution in [0.3, 0.4) is 0 Å². The Morgan fingerprint density at radius 3 is 2.88 bits per heavy atom. The quantitative estimate of drug-likeness (QED) is 0.893. The molecule has 0 bridgehead atoms. The standard InChI is InChI=1S/C12H18BrN3O/c1-9(16-4-2-3-5-16)7-15-12(17)11-6-10(13)8-14-11/h6,8-9,14H,2-5,7H2,1H3,(H,15,17). The largest absolute Gasteiger partial charge is 0.356 e. The fraction of sp³-hybridized carbons (Fsp3) is 0.583. The number of aromatic amines is 1. The van der Waals surface area contributed by atoms with Gasteiger partial charge >= 0.3 is 0 Å².